The van der Waals surface area contributed by atoms with Gasteiger partial charge in [0.1, 0.15) is 11.5 Å². The van der Waals surface area contributed by atoms with Crippen LogP contribution in [0, 0.1) is 5.92 Å². The zero-order valence-corrected chi connectivity index (χ0v) is 16.8. The summed E-state index contributed by atoms with van der Waals surface area (Å²) in [6.45, 7) is 4.88. The molecule has 3 rings (SSSR count). The van der Waals surface area contributed by atoms with Crippen molar-refractivity contribution in [2.45, 2.75) is 20.3 Å². The third-order valence-corrected chi connectivity index (χ3v) is 4.29. The maximum atomic E-state index is 11.8. The number of nitrogens with zero attached hydrogens (tertiary/aromatic N) is 2. The molecule has 0 spiro atoms. The molecule has 0 saturated carbocycles. The van der Waals surface area contributed by atoms with Crippen molar-refractivity contribution in [3.63, 3.8) is 0 Å². The third kappa shape index (κ3) is 5.81. The molecule has 0 saturated heterocycles. The van der Waals surface area contributed by atoms with Gasteiger partial charge >= 0.3 is 0 Å². The van der Waals surface area contributed by atoms with Gasteiger partial charge in [0.2, 0.25) is 5.82 Å². The minimum absolute atomic E-state index is 0.0143. The molecule has 0 aliphatic heterocycles. The summed E-state index contributed by atoms with van der Waals surface area (Å²) in [5.74, 6) is 2.70. The fourth-order valence-corrected chi connectivity index (χ4v) is 2.59. The number of aromatic nitrogens is 2. The van der Waals surface area contributed by atoms with E-state index in [0.29, 0.717) is 29.9 Å². The summed E-state index contributed by atoms with van der Waals surface area (Å²) < 4.78 is 16.0. The van der Waals surface area contributed by atoms with E-state index in [1.165, 1.54) is 0 Å². The second-order valence-corrected chi connectivity index (χ2v) is 7.00. The van der Waals surface area contributed by atoms with Crippen LogP contribution in [0.15, 0.2) is 53.1 Å². The Balaban J connectivity index is 1.56. The fraction of sp³-hybridized carbons (Fsp3) is 0.318. The van der Waals surface area contributed by atoms with E-state index in [1.807, 2.05) is 36.4 Å². The lowest BCUT2D eigenvalue weighted by molar-refractivity contribution is -0.123. The highest BCUT2D eigenvalue weighted by atomic mass is 16.5. The van der Waals surface area contributed by atoms with Gasteiger partial charge in [0.15, 0.2) is 6.61 Å². The zero-order chi connectivity index (χ0) is 20.6. The number of methoxy groups -OCH3 is 1. The van der Waals surface area contributed by atoms with Crippen LogP contribution >= 0.6 is 0 Å². The smallest absolute Gasteiger partial charge is 0.258 e. The van der Waals surface area contributed by atoms with Crippen LogP contribution < -0.4 is 14.8 Å². The highest BCUT2D eigenvalue weighted by Gasteiger charge is 2.11. The van der Waals surface area contributed by atoms with Gasteiger partial charge in [0, 0.05) is 17.7 Å². The van der Waals surface area contributed by atoms with Crippen molar-refractivity contribution in [2.24, 2.45) is 5.92 Å². The van der Waals surface area contributed by atoms with E-state index in [2.05, 4.69) is 29.3 Å². The topological polar surface area (TPSA) is 86.5 Å². The van der Waals surface area contributed by atoms with Gasteiger partial charge in [-0.3, -0.25) is 4.79 Å². The van der Waals surface area contributed by atoms with Gasteiger partial charge in [-0.15, -0.1) is 0 Å². The second kappa shape index (κ2) is 9.73. The number of rotatable bonds is 9. The quantitative estimate of drug-likeness (QED) is 0.590. The summed E-state index contributed by atoms with van der Waals surface area (Å²) in [6.07, 6.45) is 0.948. The molecular formula is C22H25N3O4. The molecule has 0 unspecified atom stereocenters. The van der Waals surface area contributed by atoms with Crippen molar-refractivity contribution < 1.29 is 18.8 Å². The van der Waals surface area contributed by atoms with E-state index in [9.17, 15) is 4.79 Å². The molecule has 29 heavy (non-hydrogen) atoms. The fourth-order valence-electron chi connectivity index (χ4n) is 2.59. The number of amides is 1. The van der Waals surface area contributed by atoms with Crippen LogP contribution in [0.1, 0.15) is 20.3 Å². The van der Waals surface area contributed by atoms with Crippen molar-refractivity contribution >= 4 is 5.91 Å². The monoisotopic (exact) mass is 395 g/mol. The number of hydrogen-bond donors (Lipinski definition) is 1. The average Bonchev–Trinajstić information content (AvgIpc) is 3.23. The molecule has 0 radical (unpaired) electrons. The maximum Gasteiger partial charge on any atom is 0.258 e. The number of benzene rings is 2. The van der Waals surface area contributed by atoms with Gasteiger partial charge in [-0.05, 0) is 60.9 Å². The summed E-state index contributed by atoms with van der Waals surface area (Å²) in [7, 11) is 1.62. The summed E-state index contributed by atoms with van der Waals surface area (Å²) in [5.41, 5.74) is 1.61. The van der Waals surface area contributed by atoms with Gasteiger partial charge in [-0.2, -0.15) is 4.98 Å². The van der Waals surface area contributed by atoms with Crippen LogP contribution in [0.2, 0.25) is 0 Å². The Hall–Kier alpha value is -3.35. The lowest BCUT2D eigenvalue weighted by Crippen LogP contribution is -2.30. The van der Waals surface area contributed by atoms with Crippen LogP contribution in [0.5, 0.6) is 11.5 Å². The molecule has 0 fully saturated rings. The second-order valence-electron chi connectivity index (χ2n) is 7.00. The Bertz CT molecular complexity index is 918. The van der Waals surface area contributed by atoms with E-state index >= 15 is 0 Å². The molecule has 0 bridgehead atoms. The first-order valence-electron chi connectivity index (χ1n) is 9.53. The number of nitrogens with one attached hydrogen (secondary N) is 1. The Labute approximate surface area is 170 Å². The van der Waals surface area contributed by atoms with Gasteiger partial charge in [0.05, 0.1) is 7.11 Å². The molecule has 1 aromatic heterocycles. The molecule has 3 aromatic rings. The standard InChI is InChI=1S/C22H25N3O4/c1-15(2)12-13-23-20(26)14-28-19-10-6-17(7-11-19)22-24-21(25-29-22)16-4-8-18(27-3)9-5-16/h4-11,15H,12-14H2,1-3H3,(H,23,26). The molecule has 7 heteroatoms. The van der Waals surface area contributed by atoms with Crippen LogP contribution in [0.4, 0.5) is 0 Å². The largest absolute Gasteiger partial charge is 0.497 e. The Morgan fingerprint density at radius 2 is 1.69 bits per heavy atom. The van der Waals surface area contributed by atoms with Gasteiger partial charge in [0.25, 0.3) is 11.8 Å². The minimum atomic E-state index is -0.129. The maximum absolute atomic E-state index is 11.8. The highest BCUT2D eigenvalue weighted by molar-refractivity contribution is 5.77. The van der Waals surface area contributed by atoms with Crippen molar-refractivity contribution in [3.05, 3.63) is 48.5 Å². The van der Waals surface area contributed by atoms with Crippen LogP contribution in [-0.4, -0.2) is 36.3 Å². The van der Waals surface area contributed by atoms with Crippen molar-refractivity contribution in [1.29, 1.82) is 0 Å². The first-order valence-corrected chi connectivity index (χ1v) is 9.53. The Morgan fingerprint density at radius 3 is 2.34 bits per heavy atom. The van der Waals surface area contributed by atoms with Crippen LogP contribution in [-0.2, 0) is 4.79 Å². The minimum Gasteiger partial charge on any atom is -0.497 e. The molecule has 0 aliphatic carbocycles. The van der Waals surface area contributed by atoms with Gasteiger partial charge in [-0.1, -0.05) is 19.0 Å². The summed E-state index contributed by atoms with van der Waals surface area (Å²) in [4.78, 5) is 16.2. The predicted molar refractivity (Wildman–Crippen MR) is 110 cm³/mol. The van der Waals surface area contributed by atoms with E-state index in [-0.39, 0.29) is 12.5 Å². The first kappa shape index (κ1) is 20.4. The zero-order valence-electron chi connectivity index (χ0n) is 16.8. The third-order valence-electron chi connectivity index (χ3n) is 4.29. The van der Waals surface area contributed by atoms with E-state index in [4.69, 9.17) is 14.0 Å². The molecule has 1 N–H and O–H groups in total. The van der Waals surface area contributed by atoms with Crippen LogP contribution in [0.3, 0.4) is 0 Å². The Kier molecular flexibility index (Phi) is 6.84. The molecule has 1 amide bonds. The predicted octanol–water partition coefficient (Wildman–Crippen LogP) is 3.95. The summed E-state index contributed by atoms with van der Waals surface area (Å²) in [6, 6.07) is 14.6. The first-order chi connectivity index (χ1) is 14.0. The number of ether oxygens (including phenoxy) is 2. The Morgan fingerprint density at radius 1 is 1.03 bits per heavy atom. The van der Waals surface area contributed by atoms with Gasteiger partial charge in [-0.25, -0.2) is 0 Å². The molecule has 0 aliphatic rings. The lowest BCUT2D eigenvalue weighted by atomic mass is 10.1. The van der Waals surface area contributed by atoms with Gasteiger partial charge < -0.3 is 19.3 Å². The summed E-state index contributed by atoms with van der Waals surface area (Å²) in [5, 5.41) is 6.87. The van der Waals surface area contributed by atoms with E-state index < -0.39 is 0 Å². The molecule has 7 nitrogen and oxygen atoms in total. The molecule has 0 atom stereocenters. The van der Waals surface area contributed by atoms with Crippen molar-refractivity contribution in [1.82, 2.24) is 15.5 Å². The molecule has 152 valence electrons. The number of carbonyl (C=O) groups is 1. The van der Waals surface area contributed by atoms with E-state index in [1.54, 1.807) is 19.2 Å². The average molecular weight is 395 g/mol. The van der Waals surface area contributed by atoms with Crippen molar-refractivity contribution in [3.8, 4) is 34.3 Å². The number of carbonyl (C=O) groups excluding carboxylic acids is 1. The summed E-state index contributed by atoms with van der Waals surface area (Å²) >= 11 is 0. The molecular weight excluding hydrogens is 370 g/mol. The molecule has 2 aromatic carbocycles. The molecule has 1 heterocycles. The van der Waals surface area contributed by atoms with E-state index in [0.717, 1.165) is 23.3 Å². The number of hydrogen-bond acceptors (Lipinski definition) is 6. The highest BCUT2D eigenvalue weighted by Crippen LogP contribution is 2.25. The van der Waals surface area contributed by atoms with Crippen LogP contribution in [0.25, 0.3) is 22.8 Å². The SMILES string of the molecule is COc1ccc(-c2noc(-c3ccc(OCC(=O)NCCC(C)C)cc3)n2)cc1. The normalized spacial score (nSPS) is 10.8. The van der Waals surface area contributed by atoms with Crippen molar-refractivity contribution in [2.75, 3.05) is 20.3 Å². The lowest BCUT2D eigenvalue weighted by Gasteiger charge is -2.08.